The zero-order valence-electron chi connectivity index (χ0n) is 8.61. The van der Waals surface area contributed by atoms with Crippen LogP contribution in [0.2, 0.25) is 0 Å². The molecule has 0 aliphatic heterocycles. The van der Waals surface area contributed by atoms with E-state index in [2.05, 4.69) is 17.5 Å². The largest absolute Gasteiger partial charge is 0.327 e. The van der Waals surface area contributed by atoms with Gasteiger partial charge in [-0.3, -0.25) is 0 Å². The molecule has 14 heavy (non-hydrogen) atoms. The van der Waals surface area contributed by atoms with E-state index in [1.54, 1.807) is 0 Å². The van der Waals surface area contributed by atoms with Crippen molar-refractivity contribution < 1.29 is 0 Å². The Morgan fingerprint density at radius 2 is 2.21 bits per heavy atom. The minimum absolute atomic E-state index is 0.476. The summed E-state index contributed by atoms with van der Waals surface area (Å²) in [7, 11) is 0. The van der Waals surface area contributed by atoms with E-state index in [1.807, 2.05) is 11.3 Å². The second-order valence-electron chi connectivity index (χ2n) is 4.33. The molecule has 1 saturated carbocycles. The van der Waals surface area contributed by atoms with Crippen molar-refractivity contribution in [3.8, 4) is 0 Å². The summed E-state index contributed by atoms with van der Waals surface area (Å²) in [4.78, 5) is 1.52. The van der Waals surface area contributed by atoms with Gasteiger partial charge in [-0.05, 0) is 43.0 Å². The smallest absolute Gasteiger partial charge is 0.00672 e. The van der Waals surface area contributed by atoms with Crippen LogP contribution < -0.4 is 5.73 Å². The van der Waals surface area contributed by atoms with Crippen LogP contribution in [-0.2, 0) is 6.42 Å². The first-order chi connectivity index (χ1) is 6.86. The standard InChI is InChI=1S/C12H19NS/c13-12-6-2-1-4-10(12)7-8-11-5-3-9-14-11/h3,5,9-10,12H,1-2,4,6-8,13H2. The van der Waals surface area contributed by atoms with Crippen LogP contribution in [0.25, 0.3) is 0 Å². The molecule has 1 nitrogen and oxygen atoms in total. The lowest BCUT2D eigenvalue weighted by Gasteiger charge is -2.28. The molecule has 1 aliphatic rings. The van der Waals surface area contributed by atoms with Gasteiger partial charge in [0.1, 0.15) is 0 Å². The van der Waals surface area contributed by atoms with Crippen molar-refractivity contribution in [2.75, 3.05) is 0 Å². The van der Waals surface area contributed by atoms with E-state index in [4.69, 9.17) is 5.73 Å². The van der Waals surface area contributed by atoms with Gasteiger partial charge in [-0.25, -0.2) is 0 Å². The Balaban J connectivity index is 1.79. The van der Waals surface area contributed by atoms with Gasteiger partial charge in [-0.15, -0.1) is 11.3 Å². The highest BCUT2D eigenvalue weighted by atomic mass is 32.1. The van der Waals surface area contributed by atoms with Crippen molar-refractivity contribution >= 4 is 11.3 Å². The molecule has 0 spiro atoms. The van der Waals surface area contributed by atoms with Crippen LogP contribution in [0.5, 0.6) is 0 Å². The zero-order chi connectivity index (χ0) is 9.80. The first kappa shape index (κ1) is 10.2. The van der Waals surface area contributed by atoms with Gasteiger partial charge in [0.15, 0.2) is 0 Å². The van der Waals surface area contributed by atoms with Gasteiger partial charge < -0.3 is 5.73 Å². The fourth-order valence-corrected chi connectivity index (χ4v) is 3.10. The number of thiophene rings is 1. The molecule has 2 rings (SSSR count). The molecule has 1 aromatic heterocycles. The third-order valence-corrected chi connectivity index (χ3v) is 4.25. The Labute approximate surface area is 90.3 Å². The predicted octanol–water partition coefficient (Wildman–Crippen LogP) is 3.20. The number of nitrogens with two attached hydrogens (primary N) is 1. The molecule has 78 valence electrons. The third-order valence-electron chi connectivity index (χ3n) is 3.31. The maximum atomic E-state index is 6.12. The van der Waals surface area contributed by atoms with Crippen molar-refractivity contribution in [3.63, 3.8) is 0 Å². The summed E-state index contributed by atoms with van der Waals surface area (Å²) in [6, 6.07) is 4.85. The van der Waals surface area contributed by atoms with E-state index in [0.717, 1.165) is 5.92 Å². The summed E-state index contributed by atoms with van der Waals surface area (Å²) in [5.74, 6) is 0.783. The lowest BCUT2D eigenvalue weighted by Crippen LogP contribution is -2.33. The van der Waals surface area contributed by atoms with Crippen molar-refractivity contribution in [1.82, 2.24) is 0 Å². The maximum absolute atomic E-state index is 6.12. The summed E-state index contributed by atoms with van der Waals surface area (Å²) < 4.78 is 0. The van der Waals surface area contributed by atoms with Crippen LogP contribution in [0.4, 0.5) is 0 Å². The molecule has 2 unspecified atom stereocenters. The summed E-state index contributed by atoms with van der Waals surface area (Å²) in [6.45, 7) is 0. The topological polar surface area (TPSA) is 26.0 Å². The molecule has 2 heteroatoms. The van der Waals surface area contributed by atoms with Crippen LogP contribution in [0.3, 0.4) is 0 Å². The van der Waals surface area contributed by atoms with Crippen LogP contribution in [0, 0.1) is 5.92 Å². The Morgan fingerprint density at radius 3 is 2.93 bits per heavy atom. The van der Waals surface area contributed by atoms with Crippen LogP contribution in [0.15, 0.2) is 17.5 Å². The number of rotatable bonds is 3. The lowest BCUT2D eigenvalue weighted by molar-refractivity contribution is 0.292. The van der Waals surface area contributed by atoms with Gasteiger partial charge in [0.05, 0.1) is 0 Å². The van der Waals surface area contributed by atoms with Gasteiger partial charge in [0.25, 0.3) is 0 Å². The van der Waals surface area contributed by atoms with E-state index in [0.29, 0.717) is 6.04 Å². The molecule has 0 amide bonds. The van der Waals surface area contributed by atoms with Crippen molar-refractivity contribution in [2.24, 2.45) is 11.7 Å². The Hall–Kier alpha value is -0.340. The zero-order valence-corrected chi connectivity index (χ0v) is 9.43. The van der Waals surface area contributed by atoms with Crippen molar-refractivity contribution in [1.29, 1.82) is 0 Å². The normalized spacial score (nSPS) is 27.8. The van der Waals surface area contributed by atoms with E-state index < -0.39 is 0 Å². The first-order valence-electron chi connectivity index (χ1n) is 5.64. The Kier molecular flexibility index (Phi) is 3.60. The number of aryl methyl sites for hydroxylation is 1. The summed E-state index contributed by atoms with van der Waals surface area (Å²) in [5, 5.41) is 2.16. The fraction of sp³-hybridized carbons (Fsp3) is 0.667. The summed E-state index contributed by atoms with van der Waals surface area (Å²) >= 11 is 1.87. The third kappa shape index (κ3) is 2.58. The predicted molar refractivity (Wildman–Crippen MR) is 62.6 cm³/mol. The Morgan fingerprint density at radius 1 is 1.36 bits per heavy atom. The highest BCUT2D eigenvalue weighted by Crippen LogP contribution is 2.27. The Bertz CT molecular complexity index is 255. The average molecular weight is 209 g/mol. The van der Waals surface area contributed by atoms with Crippen molar-refractivity contribution in [2.45, 2.75) is 44.6 Å². The molecule has 0 radical (unpaired) electrons. The second-order valence-corrected chi connectivity index (χ2v) is 5.36. The lowest BCUT2D eigenvalue weighted by atomic mass is 9.82. The van der Waals surface area contributed by atoms with E-state index in [9.17, 15) is 0 Å². The number of hydrogen-bond donors (Lipinski definition) is 1. The quantitative estimate of drug-likeness (QED) is 0.813. The molecule has 1 aliphatic carbocycles. The number of hydrogen-bond acceptors (Lipinski definition) is 2. The van der Waals surface area contributed by atoms with Crippen LogP contribution in [0.1, 0.15) is 37.0 Å². The molecular weight excluding hydrogens is 190 g/mol. The highest BCUT2D eigenvalue weighted by Gasteiger charge is 2.21. The SMILES string of the molecule is NC1CCCCC1CCc1cccs1. The molecule has 0 bridgehead atoms. The monoisotopic (exact) mass is 209 g/mol. The van der Waals surface area contributed by atoms with Crippen molar-refractivity contribution in [3.05, 3.63) is 22.4 Å². The summed E-state index contributed by atoms with van der Waals surface area (Å²) in [5.41, 5.74) is 6.12. The molecule has 1 aromatic rings. The molecule has 1 heterocycles. The van der Waals surface area contributed by atoms with Gasteiger partial charge in [-0.2, -0.15) is 0 Å². The average Bonchev–Trinajstić information content (AvgIpc) is 2.69. The fourth-order valence-electron chi connectivity index (χ4n) is 2.38. The second kappa shape index (κ2) is 4.94. The van der Waals surface area contributed by atoms with Gasteiger partial charge in [0.2, 0.25) is 0 Å². The first-order valence-corrected chi connectivity index (χ1v) is 6.52. The molecule has 0 aromatic carbocycles. The van der Waals surface area contributed by atoms with Crippen LogP contribution >= 0.6 is 11.3 Å². The van der Waals surface area contributed by atoms with E-state index in [-0.39, 0.29) is 0 Å². The molecule has 2 N–H and O–H groups in total. The molecule has 2 atom stereocenters. The molecular formula is C12H19NS. The van der Waals surface area contributed by atoms with Crippen LogP contribution in [-0.4, -0.2) is 6.04 Å². The maximum Gasteiger partial charge on any atom is 0.00672 e. The van der Waals surface area contributed by atoms with E-state index >= 15 is 0 Å². The van der Waals surface area contributed by atoms with Gasteiger partial charge >= 0.3 is 0 Å². The highest BCUT2D eigenvalue weighted by molar-refractivity contribution is 7.09. The van der Waals surface area contributed by atoms with Gasteiger partial charge in [0, 0.05) is 10.9 Å². The van der Waals surface area contributed by atoms with E-state index in [1.165, 1.54) is 43.4 Å². The van der Waals surface area contributed by atoms with Gasteiger partial charge in [-0.1, -0.05) is 18.9 Å². The minimum Gasteiger partial charge on any atom is -0.327 e. The minimum atomic E-state index is 0.476. The summed E-state index contributed by atoms with van der Waals surface area (Å²) in [6.07, 6.45) is 7.86. The molecule has 1 fully saturated rings. The molecule has 0 saturated heterocycles.